The van der Waals surface area contributed by atoms with Crippen molar-refractivity contribution in [3.05, 3.63) is 0 Å². The van der Waals surface area contributed by atoms with Crippen molar-refractivity contribution in [1.29, 1.82) is 0 Å². The van der Waals surface area contributed by atoms with Crippen LogP contribution in [0.3, 0.4) is 0 Å². The normalized spacial score (nSPS) is 13.9. The molecule has 0 heterocycles. The number of rotatable bonds is 9. The molecule has 0 spiro atoms. The van der Waals surface area contributed by atoms with Crippen molar-refractivity contribution in [2.24, 2.45) is 0 Å². The van der Waals surface area contributed by atoms with Gasteiger partial charge < -0.3 is 20.8 Å². The third kappa shape index (κ3) is 45.7. The highest BCUT2D eigenvalue weighted by molar-refractivity contribution is 5.66. The van der Waals surface area contributed by atoms with E-state index in [1.54, 1.807) is 6.92 Å². The molecule has 0 aromatic heterocycles. The molecule has 0 bridgehead atoms. The number of carbonyl (C=O) groups is 2. The third-order valence-corrected chi connectivity index (χ3v) is 3.89. The first-order valence-corrected chi connectivity index (χ1v) is 10.3. The average Bonchev–Trinajstić information content (AvgIpc) is 2.61. The van der Waals surface area contributed by atoms with E-state index >= 15 is 0 Å². The summed E-state index contributed by atoms with van der Waals surface area (Å²) in [6, 6.07) is 2.72. The molecule has 0 aromatic carbocycles. The van der Waals surface area contributed by atoms with Crippen LogP contribution in [0.25, 0.3) is 0 Å². The first-order chi connectivity index (χ1) is 12.4. The predicted molar refractivity (Wildman–Crippen MR) is 117 cm³/mol. The largest absolute Gasteiger partial charge is 0.481 e. The van der Waals surface area contributed by atoms with E-state index in [9.17, 15) is 4.79 Å². The second-order valence-corrected chi connectivity index (χ2v) is 6.84. The van der Waals surface area contributed by atoms with Gasteiger partial charge in [-0.1, -0.05) is 34.6 Å². The molecule has 0 fully saturated rings. The van der Waals surface area contributed by atoms with Crippen LogP contribution in [-0.2, 0) is 9.59 Å². The second-order valence-electron chi connectivity index (χ2n) is 6.84. The summed E-state index contributed by atoms with van der Waals surface area (Å²) in [5.74, 6) is -1.58. The van der Waals surface area contributed by atoms with Crippen LogP contribution < -0.4 is 10.6 Å². The van der Waals surface area contributed by atoms with Gasteiger partial charge in [0.25, 0.3) is 5.97 Å². The molecule has 4 N–H and O–H groups in total. The lowest BCUT2D eigenvalue weighted by Gasteiger charge is -2.16. The predicted octanol–water partition coefficient (Wildman–Crippen LogP) is 4.92. The van der Waals surface area contributed by atoms with E-state index in [4.69, 9.17) is 15.0 Å². The van der Waals surface area contributed by atoms with Gasteiger partial charge in [-0.15, -0.1) is 0 Å². The van der Waals surface area contributed by atoms with Crippen molar-refractivity contribution in [2.75, 3.05) is 0 Å². The van der Waals surface area contributed by atoms with Gasteiger partial charge in [-0.05, 0) is 53.4 Å². The Hall–Kier alpha value is -1.14. The highest BCUT2D eigenvalue weighted by Gasteiger charge is 2.01. The van der Waals surface area contributed by atoms with Crippen molar-refractivity contribution >= 4 is 11.9 Å². The summed E-state index contributed by atoms with van der Waals surface area (Å²) in [4.78, 5) is 18.4. The minimum absolute atomic E-state index is 0.222. The van der Waals surface area contributed by atoms with Gasteiger partial charge >= 0.3 is 5.97 Å². The molecule has 0 aromatic rings. The molecule has 166 valence electrons. The van der Waals surface area contributed by atoms with Crippen LogP contribution in [-0.4, -0.2) is 46.3 Å². The minimum atomic E-state index is -0.833. The Kier molecular flexibility index (Phi) is 30.8. The second kappa shape index (κ2) is 24.9. The fourth-order valence-electron chi connectivity index (χ4n) is 1.44. The van der Waals surface area contributed by atoms with E-state index in [1.165, 1.54) is 25.7 Å². The Morgan fingerprint density at radius 2 is 0.815 bits per heavy atom. The number of carboxylic acid groups (broad SMARTS) is 2. The van der Waals surface area contributed by atoms with Crippen LogP contribution in [0.5, 0.6) is 0 Å². The molecule has 4 atom stereocenters. The summed E-state index contributed by atoms with van der Waals surface area (Å²) < 4.78 is 0. The Labute approximate surface area is 168 Å². The number of hydrogen-bond donors (Lipinski definition) is 4. The van der Waals surface area contributed by atoms with Gasteiger partial charge in [-0.25, -0.2) is 0 Å². The summed E-state index contributed by atoms with van der Waals surface area (Å²) >= 11 is 0. The Morgan fingerprint density at radius 1 is 0.667 bits per heavy atom. The monoisotopic (exact) mass is 392 g/mol. The lowest BCUT2D eigenvalue weighted by atomic mass is 10.2. The number of nitrogens with one attached hydrogen (secondary N) is 2. The molecule has 0 saturated carbocycles. The van der Waals surface area contributed by atoms with Gasteiger partial charge in [0.15, 0.2) is 0 Å². The quantitative estimate of drug-likeness (QED) is 0.444. The highest BCUT2D eigenvalue weighted by atomic mass is 16.4. The molecule has 0 radical (unpaired) electrons. The van der Waals surface area contributed by atoms with Crippen LogP contribution >= 0.6 is 0 Å². The fraction of sp³-hybridized carbons (Fsp3) is 0.905. The number of aliphatic carboxylic acids is 2. The van der Waals surface area contributed by atoms with Gasteiger partial charge in [0.2, 0.25) is 0 Å². The van der Waals surface area contributed by atoms with Crippen LogP contribution in [0.2, 0.25) is 0 Å². The van der Waals surface area contributed by atoms with Crippen LogP contribution in [0.4, 0.5) is 0 Å². The smallest absolute Gasteiger partial charge is 0.303 e. The summed E-state index contributed by atoms with van der Waals surface area (Å²) in [6.45, 7) is 20.4. The fourth-order valence-corrected chi connectivity index (χ4v) is 1.44. The lowest BCUT2D eigenvalue weighted by Crippen LogP contribution is -2.33. The van der Waals surface area contributed by atoms with Crippen LogP contribution in [0.1, 0.15) is 101 Å². The summed E-state index contributed by atoms with van der Waals surface area (Å²) in [6.07, 6.45) is 5.13. The Bertz CT molecular complexity index is 287. The molecule has 0 amide bonds. The van der Waals surface area contributed by atoms with E-state index in [2.05, 4.69) is 66.0 Å². The maximum Gasteiger partial charge on any atom is 0.303 e. The summed E-state index contributed by atoms with van der Waals surface area (Å²) in [5.41, 5.74) is 0. The first kappa shape index (κ1) is 33.4. The van der Waals surface area contributed by atoms with Gasteiger partial charge in [0.1, 0.15) is 0 Å². The third-order valence-electron chi connectivity index (χ3n) is 3.89. The lowest BCUT2D eigenvalue weighted by molar-refractivity contribution is -0.137. The van der Waals surface area contributed by atoms with Crippen molar-refractivity contribution in [2.45, 2.75) is 126 Å². The van der Waals surface area contributed by atoms with Crippen molar-refractivity contribution in [3.63, 3.8) is 0 Å². The van der Waals surface area contributed by atoms with Crippen molar-refractivity contribution < 1.29 is 19.8 Å². The molecule has 0 saturated heterocycles. The summed E-state index contributed by atoms with van der Waals surface area (Å²) in [7, 11) is 0. The van der Waals surface area contributed by atoms with Gasteiger partial charge in [0.05, 0.1) is 0 Å². The number of hydrogen-bond acceptors (Lipinski definition) is 4. The van der Waals surface area contributed by atoms with Crippen molar-refractivity contribution in [3.8, 4) is 0 Å². The standard InChI is InChI=1S/2C8H19N.C3H6O2.C2H4O2/c2*1-5-7(3)9-8(4)6-2;1-2-3(4)5;1-2(3)4/h2*7-9H,5-6H2,1-4H3;2H2,1H3,(H,4,5);1H3,(H,3,4). The van der Waals surface area contributed by atoms with Crippen molar-refractivity contribution in [1.82, 2.24) is 10.6 Å². The molecule has 0 aliphatic carbocycles. The maximum atomic E-state index is 9.37. The zero-order valence-electron chi connectivity index (χ0n) is 19.6. The Balaban J connectivity index is -0.000000138. The molecule has 4 unspecified atom stereocenters. The van der Waals surface area contributed by atoms with E-state index in [-0.39, 0.29) is 6.42 Å². The molecular formula is C21H48N2O4. The molecule has 0 aliphatic rings. The molecule has 27 heavy (non-hydrogen) atoms. The molecule has 0 aliphatic heterocycles. The van der Waals surface area contributed by atoms with Gasteiger partial charge in [-0.2, -0.15) is 0 Å². The molecule has 0 rings (SSSR count). The first-order valence-electron chi connectivity index (χ1n) is 10.3. The van der Waals surface area contributed by atoms with Gasteiger partial charge in [-0.3, -0.25) is 9.59 Å². The van der Waals surface area contributed by atoms with E-state index in [1.807, 2.05) is 0 Å². The van der Waals surface area contributed by atoms with Crippen LogP contribution in [0, 0.1) is 0 Å². The molecule has 6 heteroatoms. The van der Waals surface area contributed by atoms with Gasteiger partial charge in [0, 0.05) is 37.5 Å². The SMILES string of the molecule is CC(=O)O.CCC(=O)O.CCC(C)NC(C)CC.CCC(C)NC(C)CC. The zero-order valence-corrected chi connectivity index (χ0v) is 19.6. The topological polar surface area (TPSA) is 98.7 Å². The maximum absolute atomic E-state index is 9.37. The van der Waals surface area contributed by atoms with Crippen LogP contribution in [0.15, 0.2) is 0 Å². The Morgan fingerprint density at radius 3 is 0.889 bits per heavy atom. The average molecular weight is 393 g/mol. The number of carboxylic acids is 2. The van der Waals surface area contributed by atoms with E-state index in [0.717, 1.165) is 6.92 Å². The van der Waals surface area contributed by atoms with E-state index < -0.39 is 11.9 Å². The minimum Gasteiger partial charge on any atom is -0.481 e. The molecular weight excluding hydrogens is 344 g/mol. The summed E-state index contributed by atoms with van der Waals surface area (Å²) in [5, 5.41) is 22.1. The van der Waals surface area contributed by atoms with E-state index in [0.29, 0.717) is 24.2 Å². The molecule has 6 nitrogen and oxygen atoms in total. The zero-order chi connectivity index (χ0) is 22.4. The highest BCUT2D eigenvalue weighted by Crippen LogP contribution is 1.94.